The van der Waals surface area contributed by atoms with Crippen molar-refractivity contribution < 1.29 is 27.1 Å². The Hall–Kier alpha value is -2.13. The zero-order chi connectivity index (χ0) is 20.8. The molecule has 0 saturated heterocycles. The number of alkyl halides is 2. The van der Waals surface area contributed by atoms with Gasteiger partial charge >= 0.3 is 5.97 Å². The molecule has 154 valence electrons. The number of hydrogen-bond donors (Lipinski definition) is 1. The normalized spacial score (nSPS) is 12.4. The zero-order valence-corrected chi connectivity index (χ0v) is 16.1. The molecule has 1 aromatic heterocycles. The van der Waals surface area contributed by atoms with Crippen LogP contribution in [0.2, 0.25) is 5.15 Å². The SMILES string of the molecule is CCOC(=O)c1nn(Cc2c(F)cccc2F)c(Cl)c1CCNC(C)C(F)F. The van der Waals surface area contributed by atoms with E-state index in [0.717, 1.165) is 16.8 Å². The van der Waals surface area contributed by atoms with Crippen LogP contribution in [0, 0.1) is 11.6 Å². The van der Waals surface area contributed by atoms with Crippen LogP contribution >= 0.6 is 11.6 Å². The molecule has 0 radical (unpaired) electrons. The summed E-state index contributed by atoms with van der Waals surface area (Å²) in [5.74, 6) is -2.31. The molecule has 0 aliphatic heterocycles. The molecule has 2 aromatic rings. The van der Waals surface area contributed by atoms with Gasteiger partial charge < -0.3 is 10.1 Å². The van der Waals surface area contributed by atoms with Gasteiger partial charge in [-0.1, -0.05) is 17.7 Å². The Morgan fingerprint density at radius 2 is 1.93 bits per heavy atom. The molecule has 0 amide bonds. The second kappa shape index (κ2) is 9.88. The van der Waals surface area contributed by atoms with Crippen LogP contribution in [0.1, 0.15) is 35.5 Å². The van der Waals surface area contributed by atoms with Gasteiger partial charge in [0.15, 0.2) is 5.69 Å². The smallest absolute Gasteiger partial charge is 0.359 e. The summed E-state index contributed by atoms with van der Waals surface area (Å²) in [4.78, 5) is 12.2. The van der Waals surface area contributed by atoms with E-state index in [-0.39, 0.29) is 48.1 Å². The molecule has 5 nitrogen and oxygen atoms in total. The van der Waals surface area contributed by atoms with Crippen LogP contribution in [0.4, 0.5) is 17.6 Å². The van der Waals surface area contributed by atoms with Crippen LogP contribution in [-0.4, -0.2) is 41.4 Å². The lowest BCUT2D eigenvalue weighted by atomic mass is 10.1. The molecule has 1 N–H and O–H groups in total. The maximum absolute atomic E-state index is 13.9. The standard InChI is InChI=1S/C18H20ClF4N3O2/c1-3-28-18(27)15-11(7-8-24-10(2)17(22)23)16(19)26(25-15)9-12-13(20)5-4-6-14(12)21/h4-6,10,17,24H,3,7-9H2,1-2H3. The fourth-order valence-corrected chi connectivity index (χ4v) is 2.80. The lowest BCUT2D eigenvalue weighted by molar-refractivity contribution is 0.0517. The number of nitrogens with one attached hydrogen (secondary N) is 1. The molecule has 0 saturated carbocycles. The third kappa shape index (κ3) is 5.23. The highest BCUT2D eigenvalue weighted by atomic mass is 35.5. The minimum Gasteiger partial charge on any atom is -0.461 e. The Balaban J connectivity index is 2.30. The van der Waals surface area contributed by atoms with Crippen LogP contribution in [0.25, 0.3) is 0 Å². The molecule has 0 fully saturated rings. The highest BCUT2D eigenvalue weighted by Gasteiger charge is 2.24. The van der Waals surface area contributed by atoms with Crippen LogP contribution < -0.4 is 5.32 Å². The number of halogens is 5. The number of esters is 1. The topological polar surface area (TPSA) is 56.1 Å². The van der Waals surface area contributed by atoms with Crippen LogP contribution in [0.5, 0.6) is 0 Å². The Morgan fingerprint density at radius 3 is 2.50 bits per heavy atom. The molecule has 1 unspecified atom stereocenters. The first-order valence-corrected chi connectivity index (χ1v) is 9.00. The third-order valence-corrected chi connectivity index (χ3v) is 4.46. The molecule has 10 heteroatoms. The average molecular weight is 422 g/mol. The number of aromatic nitrogens is 2. The monoisotopic (exact) mass is 421 g/mol. The van der Waals surface area contributed by atoms with Crippen molar-refractivity contribution in [3.63, 3.8) is 0 Å². The predicted octanol–water partition coefficient (Wildman–Crippen LogP) is 3.83. The summed E-state index contributed by atoms with van der Waals surface area (Å²) in [5, 5.41) is 6.64. The van der Waals surface area contributed by atoms with Gasteiger partial charge in [-0.3, -0.25) is 0 Å². The van der Waals surface area contributed by atoms with E-state index in [1.54, 1.807) is 6.92 Å². The largest absolute Gasteiger partial charge is 0.461 e. The number of nitrogens with zero attached hydrogens (tertiary/aromatic N) is 2. The van der Waals surface area contributed by atoms with E-state index in [1.165, 1.54) is 13.0 Å². The fourth-order valence-electron chi connectivity index (χ4n) is 2.52. The summed E-state index contributed by atoms with van der Waals surface area (Å²) in [6, 6.07) is 2.37. The minimum absolute atomic E-state index is 0.0165. The van der Waals surface area contributed by atoms with Gasteiger partial charge in [-0.15, -0.1) is 0 Å². The molecular formula is C18H20ClF4N3O2. The molecule has 28 heavy (non-hydrogen) atoms. The number of carbonyl (C=O) groups is 1. The first-order chi connectivity index (χ1) is 13.3. The highest BCUT2D eigenvalue weighted by Crippen LogP contribution is 2.24. The minimum atomic E-state index is -2.55. The Morgan fingerprint density at radius 1 is 1.29 bits per heavy atom. The van der Waals surface area contributed by atoms with Crippen molar-refractivity contribution in [2.75, 3.05) is 13.2 Å². The van der Waals surface area contributed by atoms with Gasteiger partial charge in [-0.2, -0.15) is 5.10 Å². The Kier molecular flexibility index (Phi) is 7.82. The summed E-state index contributed by atoms with van der Waals surface area (Å²) < 4.78 is 59.1. The fraction of sp³-hybridized carbons (Fsp3) is 0.444. The van der Waals surface area contributed by atoms with E-state index in [0.29, 0.717) is 0 Å². The van der Waals surface area contributed by atoms with Crippen molar-refractivity contribution in [3.8, 4) is 0 Å². The van der Waals surface area contributed by atoms with Gasteiger partial charge in [0, 0.05) is 11.1 Å². The van der Waals surface area contributed by atoms with Crippen LogP contribution in [-0.2, 0) is 17.7 Å². The van der Waals surface area contributed by atoms with Crippen molar-refractivity contribution in [1.82, 2.24) is 15.1 Å². The van der Waals surface area contributed by atoms with E-state index in [4.69, 9.17) is 16.3 Å². The summed E-state index contributed by atoms with van der Waals surface area (Å²) >= 11 is 6.28. The maximum Gasteiger partial charge on any atom is 0.359 e. The second-order valence-corrected chi connectivity index (χ2v) is 6.38. The van der Waals surface area contributed by atoms with Gasteiger partial charge in [0.2, 0.25) is 0 Å². The predicted molar refractivity (Wildman–Crippen MR) is 95.8 cm³/mol. The first-order valence-electron chi connectivity index (χ1n) is 8.62. The van der Waals surface area contributed by atoms with E-state index in [2.05, 4.69) is 10.4 Å². The molecule has 2 rings (SSSR count). The lowest BCUT2D eigenvalue weighted by Crippen LogP contribution is -2.34. The van der Waals surface area contributed by atoms with Crippen molar-refractivity contribution in [1.29, 1.82) is 0 Å². The molecule has 0 aliphatic carbocycles. The Labute approximate surface area is 164 Å². The summed E-state index contributed by atoms with van der Waals surface area (Å²) in [6.07, 6.45) is -2.45. The van der Waals surface area contributed by atoms with E-state index >= 15 is 0 Å². The Bertz CT molecular complexity index is 809. The molecule has 1 atom stereocenters. The molecule has 0 aliphatic rings. The van der Waals surface area contributed by atoms with Gasteiger partial charge in [0.25, 0.3) is 6.43 Å². The number of carbonyl (C=O) groups excluding carboxylic acids is 1. The molecular weight excluding hydrogens is 402 g/mol. The number of hydrogen-bond acceptors (Lipinski definition) is 4. The van der Waals surface area contributed by atoms with E-state index in [9.17, 15) is 22.4 Å². The summed E-state index contributed by atoms with van der Waals surface area (Å²) in [7, 11) is 0. The van der Waals surface area contributed by atoms with Gasteiger partial charge in [0.05, 0.1) is 19.2 Å². The second-order valence-electron chi connectivity index (χ2n) is 6.02. The van der Waals surface area contributed by atoms with Crippen molar-refractivity contribution in [2.24, 2.45) is 0 Å². The molecule has 1 aromatic carbocycles. The number of rotatable bonds is 9. The van der Waals surface area contributed by atoms with Crippen molar-refractivity contribution in [3.05, 3.63) is 51.8 Å². The van der Waals surface area contributed by atoms with Gasteiger partial charge in [-0.25, -0.2) is 27.0 Å². The van der Waals surface area contributed by atoms with Gasteiger partial charge in [0.1, 0.15) is 16.8 Å². The van der Waals surface area contributed by atoms with Crippen LogP contribution in [0.3, 0.4) is 0 Å². The molecule has 0 spiro atoms. The number of benzene rings is 1. The van der Waals surface area contributed by atoms with Crippen molar-refractivity contribution >= 4 is 17.6 Å². The van der Waals surface area contributed by atoms with Crippen molar-refractivity contribution in [2.45, 2.75) is 39.3 Å². The first kappa shape index (κ1) is 22.2. The lowest BCUT2D eigenvalue weighted by Gasteiger charge is -2.12. The zero-order valence-electron chi connectivity index (χ0n) is 15.3. The number of ether oxygens (including phenoxy) is 1. The van der Waals surface area contributed by atoms with E-state index < -0.39 is 30.1 Å². The highest BCUT2D eigenvalue weighted by molar-refractivity contribution is 6.30. The van der Waals surface area contributed by atoms with Gasteiger partial charge in [-0.05, 0) is 38.9 Å². The molecule has 0 bridgehead atoms. The van der Waals surface area contributed by atoms with E-state index in [1.807, 2.05) is 0 Å². The summed E-state index contributed by atoms with van der Waals surface area (Å²) in [5.41, 5.74) is -0.126. The maximum atomic E-state index is 13.9. The molecule has 1 heterocycles. The summed E-state index contributed by atoms with van der Waals surface area (Å²) in [6.45, 7) is 2.77. The third-order valence-electron chi connectivity index (χ3n) is 4.04. The quantitative estimate of drug-likeness (QED) is 0.494. The average Bonchev–Trinajstić information content (AvgIpc) is 2.94. The van der Waals surface area contributed by atoms with Crippen LogP contribution in [0.15, 0.2) is 18.2 Å².